The Morgan fingerprint density at radius 2 is 2.22 bits per heavy atom. The van der Waals surface area contributed by atoms with Crippen molar-refractivity contribution in [3.63, 3.8) is 0 Å². The molecule has 0 radical (unpaired) electrons. The van der Waals surface area contributed by atoms with E-state index in [-0.39, 0.29) is 18.4 Å². The maximum atomic E-state index is 11.7. The third kappa shape index (κ3) is 2.95. The fourth-order valence-electron chi connectivity index (χ4n) is 1.73. The van der Waals surface area contributed by atoms with E-state index < -0.39 is 5.97 Å². The Hall–Kier alpha value is -1.70. The molecular weight excluding hydrogens is 256 g/mol. The van der Waals surface area contributed by atoms with Crippen LogP contribution in [0.1, 0.15) is 18.4 Å². The Morgan fingerprint density at radius 3 is 2.78 bits per heavy atom. The molecule has 1 aromatic heterocycles. The summed E-state index contributed by atoms with van der Waals surface area (Å²) in [5.41, 5.74) is 0. The van der Waals surface area contributed by atoms with Crippen molar-refractivity contribution in [3.05, 3.63) is 5.01 Å². The van der Waals surface area contributed by atoms with Crippen LogP contribution < -0.4 is 5.32 Å². The molecule has 98 valence electrons. The molecule has 1 fully saturated rings. The molecule has 0 aliphatic carbocycles. The number of nitrogens with zero attached hydrogens (tertiary/aromatic N) is 3. The second kappa shape index (κ2) is 5.30. The maximum absolute atomic E-state index is 11.7. The van der Waals surface area contributed by atoms with Crippen molar-refractivity contribution in [1.82, 2.24) is 15.1 Å². The number of aromatic nitrogens is 2. The third-order valence-electron chi connectivity index (χ3n) is 2.69. The molecule has 2 rings (SSSR count). The molecule has 7 nitrogen and oxygen atoms in total. The van der Waals surface area contributed by atoms with Gasteiger partial charge in [-0.25, -0.2) is 4.79 Å². The maximum Gasteiger partial charge on any atom is 0.323 e. The minimum Gasteiger partial charge on any atom is -0.481 e. The summed E-state index contributed by atoms with van der Waals surface area (Å²) in [6.45, 7) is 2.94. The number of nitrogens with one attached hydrogen (secondary N) is 1. The van der Waals surface area contributed by atoms with Gasteiger partial charge < -0.3 is 10.0 Å². The fraction of sp³-hybridized carbons (Fsp3) is 0.600. The number of carboxylic acid groups (broad SMARTS) is 1. The minimum atomic E-state index is -0.822. The molecule has 2 heterocycles. The quantitative estimate of drug-likeness (QED) is 0.852. The van der Waals surface area contributed by atoms with Crippen LogP contribution in [0.15, 0.2) is 0 Å². The van der Waals surface area contributed by atoms with Gasteiger partial charge in [0.1, 0.15) is 5.01 Å². The molecule has 0 unspecified atom stereocenters. The smallest absolute Gasteiger partial charge is 0.323 e. The van der Waals surface area contributed by atoms with Gasteiger partial charge >= 0.3 is 12.0 Å². The number of carbonyl (C=O) groups excluding carboxylic acids is 1. The van der Waals surface area contributed by atoms with Gasteiger partial charge in [-0.05, 0) is 6.42 Å². The molecule has 0 saturated carbocycles. The van der Waals surface area contributed by atoms with Gasteiger partial charge in [-0.3, -0.25) is 10.1 Å². The molecule has 18 heavy (non-hydrogen) atoms. The molecular formula is C10H14N4O3S. The van der Waals surface area contributed by atoms with Crippen molar-refractivity contribution in [2.24, 2.45) is 5.92 Å². The lowest BCUT2D eigenvalue weighted by atomic mass is 9.97. The van der Waals surface area contributed by atoms with Crippen molar-refractivity contribution in [3.8, 4) is 0 Å². The second-order valence-electron chi connectivity index (χ2n) is 4.15. The highest BCUT2D eigenvalue weighted by Crippen LogP contribution is 2.21. The van der Waals surface area contributed by atoms with Gasteiger partial charge in [-0.15, -0.1) is 10.2 Å². The van der Waals surface area contributed by atoms with Crippen LogP contribution in [-0.2, 0) is 11.2 Å². The van der Waals surface area contributed by atoms with Gasteiger partial charge in [0.05, 0.1) is 6.42 Å². The van der Waals surface area contributed by atoms with Crippen LogP contribution in [0.3, 0.4) is 0 Å². The number of carbonyl (C=O) groups is 2. The van der Waals surface area contributed by atoms with Gasteiger partial charge in [0, 0.05) is 19.0 Å². The monoisotopic (exact) mass is 270 g/mol. The Balaban J connectivity index is 1.78. The van der Waals surface area contributed by atoms with Gasteiger partial charge in [0.2, 0.25) is 5.13 Å². The molecule has 0 aromatic carbocycles. The number of hydrogen-bond donors (Lipinski definition) is 2. The van der Waals surface area contributed by atoms with Crippen LogP contribution >= 0.6 is 11.3 Å². The predicted octanol–water partition coefficient (Wildman–Crippen LogP) is 1.04. The summed E-state index contributed by atoms with van der Waals surface area (Å²) in [5.74, 6) is -0.759. The lowest BCUT2D eigenvalue weighted by molar-refractivity contribution is -0.139. The Kier molecular flexibility index (Phi) is 3.75. The van der Waals surface area contributed by atoms with E-state index in [1.165, 1.54) is 11.3 Å². The first-order valence-corrected chi connectivity index (χ1v) is 6.50. The van der Waals surface area contributed by atoms with Crippen LogP contribution in [0.25, 0.3) is 0 Å². The Morgan fingerprint density at radius 1 is 1.50 bits per heavy atom. The zero-order chi connectivity index (χ0) is 13.1. The van der Waals surface area contributed by atoms with E-state index in [4.69, 9.17) is 5.11 Å². The highest BCUT2D eigenvalue weighted by atomic mass is 32.1. The number of carboxylic acids is 1. The van der Waals surface area contributed by atoms with Gasteiger partial charge in [-0.1, -0.05) is 18.3 Å². The predicted molar refractivity (Wildman–Crippen MR) is 65.6 cm³/mol. The van der Waals surface area contributed by atoms with E-state index in [1.807, 2.05) is 6.92 Å². The average Bonchev–Trinajstić information content (AvgIpc) is 2.70. The van der Waals surface area contributed by atoms with E-state index in [1.54, 1.807) is 4.90 Å². The summed E-state index contributed by atoms with van der Waals surface area (Å²) in [5, 5.41) is 20.4. The Labute approximate surface area is 108 Å². The third-order valence-corrected chi connectivity index (χ3v) is 3.67. The summed E-state index contributed by atoms with van der Waals surface area (Å²) >= 11 is 1.35. The highest BCUT2D eigenvalue weighted by Gasteiger charge is 2.32. The zero-order valence-corrected chi connectivity index (χ0v) is 10.7. The van der Waals surface area contributed by atoms with Gasteiger partial charge in [-0.2, -0.15) is 0 Å². The minimum absolute atomic E-state index is 0.0638. The first-order chi connectivity index (χ1) is 8.58. The van der Waals surface area contributed by atoms with E-state index >= 15 is 0 Å². The number of amides is 2. The van der Waals surface area contributed by atoms with E-state index in [9.17, 15) is 9.59 Å². The molecule has 2 N–H and O–H groups in total. The normalized spacial score (nSPS) is 15.3. The number of likely N-dealkylation sites (tertiary alicyclic amines) is 1. The standard InChI is InChI=1S/C10H14N4O3S/c1-2-7-12-13-9(18-7)11-10(17)14-4-6(5-14)3-8(15)16/h6H,2-5H2,1H3,(H,15,16)(H,11,13,17). The number of urea groups is 1. The summed E-state index contributed by atoms with van der Waals surface area (Å²) in [4.78, 5) is 23.8. The number of aliphatic carboxylic acids is 1. The van der Waals surface area contributed by atoms with Crippen molar-refractivity contribution in [1.29, 1.82) is 0 Å². The van der Waals surface area contributed by atoms with Crippen molar-refractivity contribution >= 4 is 28.5 Å². The molecule has 0 bridgehead atoms. The van der Waals surface area contributed by atoms with Gasteiger partial charge in [0.15, 0.2) is 0 Å². The summed E-state index contributed by atoms with van der Waals surface area (Å²) in [6.07, 6.45) is 0.903. The number of aryl methyl sites for hydroxylation is 1. The van der Waals surface area contributed by atoms with Crippen molar-refractivity contribution < 1.29 is 14.7 Å². The van der Waals surface area contributed by atoms with E-state index in [0.717, 1.165) is 11.4 Å². The van der Waals surface area contributed by atoms with Crippen LogP contribution in [-0.4, -0.2) is 45.3 Å². The molecule has 1 aromatic rings. The van der Waals surface area contributed by atoms with Crippen molar-refractivity contribution in [2.45, 2.75) is 19.8 Å². The SMILES string of the molecule is CCc1nnc(NC(=O)N2CC(CC(=O)O)C2)s1. The summed E-state index contributed by atoms with van der Waals surface area (Å²) in [7, 11) is 0. The van der Waals surface area contributed by atoms with Gasteiger partial charge in [0.25, 0.3) is 0 Å². The number of hydrogen-bond acceptors (Lipinski definition) is 5. The van der Waals surface area contributed by atoms with E-state index in [2.05, 4.69) is 15.5 Å². The first-order valence-electron chi connectivity index (χ1n) is 5.68. The zero-order valence-electron chi connectivity index (χ0n) is 9.92. The molecule has 8 heteroatoms. The second-order valence-corrected chi connectivity index (χ2v) is 5.22. The molecule has 1 saturated heterocycles. The summed E-state index contributed by atoms with van der Waals surface area (Å²) < 4.78 is 0. The molecule has 1 aliphatic rings. The Bertz CT molecular complexity index is 456. The first kappa shape index (κ1) is 12.7. The average molecular weight is 270 g/mol. The highest BCUT2D eigenvalue weighted by molar-refractivity contribution is 7.15. The number of anilines is 1. The fourth-order valence-corrected chi connectivity index (χ4v) is 2.40. The lowest BCUT2D eigenvalue weighted by Gasteiger charge is -2.38. The van der Waals surface area contributed by atoms with Crippen molar-refractivity contribution in [2.75, 3.05) is 18.4 Å². The molecule has 1 aliphatic heterocycles. The molecule has 2 amide bonds. The van der Waals surface area contributed by atoms with E-state index in [0.29, 0.717) is 18.2 Å². The van der Waals surface area contributed by atoms with Crippen LogP contribution in [0, 0.1) is 5.92 Å². The van der Waals surface area contributed by atoms with Crippen LogP contribution in [0.2, 0.25) is 0 Å². The van der Waals surface area contributed by atoms with Crippen LogP contribution in [0.5, 0.6) is 0 Å². The molecule has 0 spiro atoms. The summed E-state index contributed by atoms with van der Waals surface area (Å²) in [6, 6.07) is -0.240. The van der Waals surface area contributed by atoms with Crippen LogP contribution in [0.4, 0.5) is 9.93 Å². The topological polar surface area (TPSA) is 95.4 Å². The lowest BCUT2D eigenvalue weighted by Crippen LogP contribution is -2.52. The molecule has 0 atom stereocenters. The number of rotatable bonds is 4. The largest absolute Gasteiger partial charge is 0.481 e.